The van der Waals surface area contributed by atoms with E-state index in [1.165, 1.54) is 6.07 Å². The van der Waals surface area contributed by atoms with Gasteiger partial charge in [-0.25, -0.2) is 4.98 Å². The Bertz CT molecular complexity index is 978. The van der Waals surface area contributed by atoms with E-state index in [4.69, 9.17) is 0 Å². The van der Waals surface area contributed by atoms with E-state index in [0.717, 1.165) is 29.8 Å². The summed E-state index contributed by atoms with van der Waals surface area (Å²) in [5.41, 5.74) is 2.82. The number of aryl methyl sites for hydroxylation is 3. The highest BCUT2D eigenvalue weighted by Crippen LogP contribution is 2.19. The molecule has 0 bridgehead atoms. The molecule has 0 saturated carbocycles. The van der Waals surface area contributed by atoms with Crippen LogP contribution < -0.4 is 5.32 Å². The number of para-hydroxylation sites is 2. The van der Waals surface area contributed by atoms with Gasteiger partial charge >= 0.3 is 0 Å². The molecule has 0 fully saturated rings. The molecule has 0 aliphatic heterocycles. The summed E-state index contributed by atoms with van der Waals surface area (Å²) in [6.45, 7) is 4.83. The summed E-state index contributed by atoms with van der Waals surface area (Å²) in [6.07, 6.45) is 0.737. The summed E-state index contributed by atoms with van der Waals surface area (Å²) in [6, 6.07) is 12.5. The topological polar surface area (TPSA) is 90.1 Å². The molecule has 7 heteroatoms. The third-order valence-corrected chi connectivity index (χ3v) is 4.36. The molecule has 3 rings (SSSR count). The lowest BCUT2D eigenvalue weighted by Gasteiger charge is -2.09. The molecular formula is C19H20N4O3. The number of hydrogen-bond acceptors (Lipinski definition) is 4. The largest absolute Gasteiger partial charge is 0.352 e. The Kier molecular flexibility index (Phi) is 4.97. The van der Waals surface area contributed by atoms with Crippen LogP contribution in [0.2, 0.25) is 0 Å². The van der Waals surface area contributed by atoms with Crippen LogP contribution >= 0.6 is 0 Å². The number of carbonyl (C=O) groups excluding carboxylic acids is 1. The molecule has 0 atom stereocenters. The number of fused-ring (bicyclic) bond motifs is 1. The molecule has 1 N–H and O–H groups in total. The average molecular weight is 352 g/mol. The molecular weight excluding hydrogens is 332 g/mol. The average Bonchev–Trinajstić information content (AvgIpc) is 2.94. The van der Waals surface area contributed by atoms with Crippen molar-refractivity contribution < 1.29 is 9.72 Å². The normalized spacial score (nSPS) is 10.8. The molecule has 1 aromatic heterocycles. The Morgan fingerprint density at radius 1 is 1.23 bits per heavy atom. The van der Waals surface area contributed by atoms with Crippen molar-refractivity contribution in [1.29, 1.82) is 0 Å². The van der Waals surface area contributed by atoms with E-state index < -0.39 is 4.92 Å². The molecule has 0 radical (unpaired) electrons. The lowest BCUT2D eigenvalue weighted by atomic mass is 10.1. The molecule has 1 heterocycles. The van der Waals surface area contributed by atoms with Crippen LogP contribution in [-0.2, 0) is 6.54 Å². The van der Waals surface area contributed by atoms with E-state index in [1.54, 1.807) is 19.1 Å². The van der Waals surface area contributed by atoms with Gasteiger partial charge in [0.15, 0.2) is 0 Å². The van der Waals surface area contributed by atoms with Crippen molar-refractivity contribution in [3.8, 4) is 0 Å². The van der Waals surface area contributed by atoms with Crippen LogP contribution in [0.1, 0.15) is 28.2 Å². The van der Waals surface area contributed by atoms with Crippen molar-refractivity contribution in [2.75, 3.05) is 6.54 Å². The lowest BCUT2D eigenvalue weighted by molar-refractivity contribution is -0.385. The van der Waals surface area contributed by atoms with Gasteiger partial charge in [-0.15, -0.1) is 0 Å². The van der Waals surface area contributed by atoms with Gasteiger partial charge in [0.25, 0.3) is 11.6 Å². The Morgan fingerprint density at radius 3 is 2.77 bits per heavy atom. The zero-order chi connectivity index (χ0) is 18.7. The highest BCUT2D eigenvalue weighted by atomic mass is 16.6. The van der Waals surface area contributed by atoms with Gasteiger partial charge in [0, 0.05) is 30.3 Å². The van der Waals surface area contributed by atoms with Gasteiger partial charge < -0.3 is 9.88 Å². The van der Waals surface area contributed by atoms with Crippen LogP contribution in [0, 0.1) is 24.0 Å². The number of amides is 1. The fraction of sp³-hybridized carbons (Fsp3) is 0.263. The number of carbonyl (C=O) groups is 1. The molecule has 1 amide bonds. The number of nitro groups is 1. The van der Waals surface area contributed by atoms with Crippen LogP contribution in [-0.4, -0.2) is 26.9 Å². The minimum Gasteiger partial charge on any atom is -0.352 e. The smallest absolute Gasteiger partial charge is 0.273 e. The summed E-state index contributed by atoms with van der Waals surface area (Å²) >= 11 is 0. The number of nitrogens with one attached hydrogen (secondary N) is 1. The first-order valence-electron chi connectivity index (χ1n) is 8.42. The maximum atomic E-state index is 12.2. The molecule has 0 aliphatic rings. The summed E-state index contributed by atoms with van der Waals surface area (Å²) in [5.74, 6) is 0.631. The van der Waals surface area contributed by atoms with Gasteiger partial charge in [0.1, 0.15) is 5.82 Å². The summed E-state index contributed by atoms with van der Waals surface area (Å²) in [5, 5.41) is 13.8. The highest BCUT2D eigenvalue weighted by molar-refractivity contribution is 5.94. The fourth-order valence-electron chi connectivity index (χ4n) is 2.97. The maximum absolute atomic E-state index is 12.2. The maximum Gasteiger partial charge on any atom is 0.273 e. The van der Waals surface area contributed by atoms with Gasteiger partial charge in [0.2, 0.25) is 0 Å². The standard InChI is InChI=1S/C19H20N4O3/c1-13-8-9-15(12-18(13)23(25)26)19(24)20-10-5-11-22-14(2)21-16-6-3-4-7-17(16)22/h3-4,6-9,12H,5,10-11H2,1-2H3,(H,20,24). The molecule has 0 spiro atoms. The van der Waals surface area contributed by atoms with E-state index in [0.29, 0.717) is 17.7 Å². The zero-order valence-corrected chi connectivity index (χ0v) is 14.7. The second-order valence-corrected chi connectivity index (χ2v) is 6.17. The van der Waals surface area contributed by atoms with E-state index in [2.05, 4.69) is 14.9 Å². The minimum atomic E-state index is -0.473. The summed E-state index contributed by atoms with van der Waals surface area (Å²) in [7, 11) is 0. The first-order valence-corrected chi connectivity index (χ1v) is 8.42. The lowest BCUT2D eigenvalue weighted by Crippen LogP contribution is -2.25. The second-order valence-electron chi connectivity index (χ2n) is 6.17. The Hall–Kier alpha value is -3.22. The Morgan fingerprint density at radius 2 is 2.00 bits per heavy atom. The van der Waals surface area contributed by atoms with Crippen LogP contribution in [0.15, 0.2) is 42.5 Å². The van der Waals surface area contributed by atoms with Gasteiger partial charge in [-0.2, -0.15) is 0 Å². The van der Waals surface area contributed by atoms with Crippen molar-refractivity contribution >= 4 is 22.6 Å². The van der Waals surface area contributed by atoms with E-state index in [9.17, 15) is 14.9 Å². The Labute approximate surface area is 150 Å². The van der Waals surface area contributed by atoms with E-state index in [1.807, 2.05) is 31.2 Å². The SMILES string of the molecule is Cc1ccc(C(=O)NCCCn2c(C)nc3ccccc32)cc1[N+](=O)[O-]. The monoisotopic (exact) mass is 352 g/mol. The molecule has 0 aliphatic carbocycles. The first kappa shape index (κ1) is 17.6. The van der Waals surface area contributed by atoms with Gasteiger partial charge in [-0.3, -0.25) is 14.9 Å². The molecule has 3 aromatic rings. The van der Waals surface area contributed by atoms with Crippen molar-refractivity contribution in [3.05, 3.63) is 69.5 Å². The highest BCUT2D eigenvalue weighted by Gasteiger charge is 2.14. The van der Waals surface area contributed by atoms with Crippen LogP contribution in [0.4, 0.5) is 5.69 Å². The fourth-order valence-corrected chi connectivity index (χ4v) is 2.97. The molecule has 2 aromatic carbocycles. The van der Waals surface area contributed by atoms with E-state index in [-0.39, 0.29) is 11.6 Å². The van der Waals surface area contributed by atoms with Crippen molar-refractivity contribution in [1.82, 2.24) is 14.9 Å². The third-order valence-electron chi connectivity index (χ3n) is 4.36. The number of hydrogen-bond donors (Lipinski definition) is 1. The zero-order valence-electron chi connectivity index (χ0n) is 14.7. The summed E-state index contributed by atoms with van der Waals surface area (Å²) in [4.78, 5) is 27.3. The molecule has 0 saturated heterocycles. The second kappa shape index (κ2) is 7.35. The molecule has 26 heavy (non-hydrogen) atoms. The Balaban J connectivity index is 1.60. The van der Waals surface area contributed by atoms with Crippen molar-refractivity contribution in [3.63, 3.8) is 0 Å². The van der Waals surface area contributed by atoms with E-state index >= 15 is 0 Å². The molecule has 0 unspecified atom stereocenters. The predicted octanol–water partition coefficient (Wildman–Crippen LogP) is 3.38. The van der Waals surface area contributed by atoms with Gasteiger partial charge in [-0.1, -0.05) is 18.2 Å². The third kappa shape index (κ3) is 3.56. The number of imidazole rings is 1. The first-order chi connectivity index (χ1) is 12.5. The van der Waals surface area contributed by atoms with Gasteiger partial charge in [-0.05, 0) is 38.5 Å². The number of aromatic nitrogens is 2. The number of benzene rings is 2. The number of nitrogens with zero attached hydrogens (tertiary/aromatic N) is 3. The van der Waals surface area contributed by atoms with Crippen molar-refractivity contribution in [2.45, 2.75) is 26.8 Å². The molecule has 7 nitrogen and oxygen atoms in total. The minimum absolute atomic E-state index is 0.0434. The van der Waals surface area contributed by atoms with Gasteiger partial charge in [0.05, 0.1) is 16.0 Å². The number of rotatable bonds is 6. The van der Waals surface area contributed by atoms with Crippen LogP contribution in [0.25, 0.3) is 11.0 Å². The predicted molar refractivity (Wildman–Crippen MR) is 99.3 cm³/mol. The quantitative estimate of drug-likeness (QED) is 0.418. The van der Waals surface area contributed by atoms with Crippen LogP contribution in [0.3, 0.4) is 0 Å². The van der Waals surface area contributed by atoms with Crippen molar-refractivity contribution in [2.24, 2.45) is 0 Å². The number of nitro benzene ring substituents is 1. The van der Waals surface area contributed by atoms with Crippen LogP contribution in [0.5, 0.6) is 0 Å². The molecule has 134 valence electrons. The summed E-state index contributed by atoms with van der Waals surface area (Å²) < 4.78 is 2.12.